The zero-order chi connectivity index (χ0) is 17.2. The number of hydrogen-bond acceptors (Lipinski definition) is 3. The highest BCUT2D eigenvalue weighted by molar-refractivity contribution is 6.30. The molecule has 2 N–H and O–H groups in total. The number of aromatic nitrogens is 2. The molecule has 0 aliphatic carbocycles. The lowest BCUT2D eigenvalue weighted by Crippen LogP contribution is -2.45. The van der Waals surface area contributed by atoms with E-state index in [1.54, 1.807) is 4.68 Å². The second kappa shape index (κ2) is 6.70. The Bertz CT molecular complexity index is 890. The Morgan fingerprint density at radius 1 is 1.16 bits per heavy atom. The van der Waals surface area contributed by atoms with E-state index in [1.165, 1.54) is 0 Å². The molecule has 126 valence electrons. The molecule has 25 heavy (non-hydrogen) atoms. The van der Waals surface area contributed by atoms with Crippen LogP contribution in [0.2, 0.25) is 5.02 Å². The molecule has 6 heteroatoms. The van der Waals surface area contributed by atoms with Gasteiger partial charge in [0.25, 0.3) is 5.91 Å². The second-order valence-corrected chi connectivity index (χ2v) is 6.40. The molecule has 4 rings (SSSR count). The van der Waals surface area contributed by atoms with E-state index in [1.807, 2.05) is 60.7 Å². The molecule has 1 aliphatic rings. The van der Waals surface area contributed by atoms with Crippen LogP contribution in [0, 0.1) is 0 Å². The van der Waals surface area contributed by atoms with Gasteiger partial charge in [-0.25, -0.2) is 4.68 Å². The fraction of sp³-hybridized carbons (Fsp3) is 0.158. The molecular weight excluding hydrogens is 336 g/mol. The Kier molecular flexibility index (Phi) is 4.26. The number of rotatable bonds is 4. The standard InChI is InChI=1S/C19H17ClN4O/c20-15-8-6-13(7-9-15)11-21-18-12-22-19(25)17-10-16(23-24(17)18)14-4-2-1-3-5-14/h1-10,18,21H,11-12H2,(H,22,25)/t18-/m1/s1. The predicted octanol–water partition coefficient (Wildman–Crippen LogP) is 3.24. The molecule has 0 unspecified atom stereocenters. The van der Waals surface area contributed by atoms with Crippen LogP contribution < -0.4 is 10.6 Å². The smallest absolute Gasteiger partial charge is 0.269 e. The van der Waals surface area contributed by atoms with Gasteiger partial charge in [0.2, 0.25) is 0 Å². The maximum Gasteiger partial charge on any atom is 0.269 e. The quantitative estimate of drug-likeness (QED) is 0.758. The number of benzene rings is 2. The largest absolute Gasteiger partial charge is 0.347 e. The summed E-state index contributed by atoms with van der Waals surface area (Å²) < 4.78 is 1.77. The summed E-state index contributed by atoms with van der Waals surface area (Å²) in [4.78, 5) is 12.2. The first-order valence-corrected chi connectivity index (χ1v) is 8.49. The molecule has 2 aromatic carbocycles. The number of carbonyl (C=O) groups excluding carboxylic acids is 1. The number of halogens is 1. The summed E-state index contributed by atoms with van der Waals surface area (Å²) in [6, 6.07) is 19.4. The third-order valence-corrected chi connectivity index (χ3v) is 4.50. The Labute approximate surface area is 150 Å². The van der Waals surface area contributed by atoms with Crippen molar-refractivity contribution in [1.29, 1.82) is 0 Å². The van der Waals surface area contributed by atoms with Gasteiger partial charge in [-0.15, -0.1) is 0 Å². The van der Waals surface area contributed by atoms with Crippen LogP contribution in [0.3, 0.4) is 0 Å². The van der Waals surface area contributed by atoms with Crippen molar-refractivity contribution < 1.29 is 4.79 Å². The molecule has 1 aliphatic heterocycles. The normalized spacial score (nSPS) is 16.4. The number of carbonyl (C=O) groups is 1. The zero-order valence-corrected chi connectivity index (χ0v) is 14.2. The van der Waals surface area contributed by atoms with E-state index in [2.05, 4.69) is 15.7 Å². The number of hydrogen-bond donors (Lipinski definition) is 2. The Morgan fingerprint density at radius 3 is 2.68 bits per heavy atom. The van der Waals surface area contributed by atoms with E-state index < -0.39 is 0 Å². The predicted molar refractivity (Wildman–Crippen MR) is 97.3 cm³/mol. The van der Waals surface area contributed by atoms with Crippen LogP contribution in [0.5, 0.6) is 0 Å². The molecule has 0 radical (unpaired) electrons. The highest BCUT2D eigenvalue weighted by Gasteiger charge is 2.27. The molecule has 2 heterocycles. The summed E-state index contributed by atoms with van der Waals surface area (Å²) in [6.45, 7) is 1.16. The van der Waals surface area contributed by atoms with Crippen molar-refractivity contribution in [2.45, 2.75) is 12.7 Å². The Balaban J connectivity index is 1.57. The van der Waals surface area contributed by atoms with Crippen molar-refractivity contribution in [1.82, 2.24) is 20.4 Å². The molecule has 3 aromatic rings. The fourth-order valence-electron chi connectivity index (χ4n) is 2.91. The SMILES string of the molecule is O=C1NC[C@H](NCc2ccc(Cl)cc2)n2nc(-c3ccccc3)cc21. The third kappa shape index (κ3) is 3.29. The molecule has 5 nitrogen and oxygen atoms in total. The number of nitrogens with one attached hydrogen (secondary N) is 2. The van der Waals surface area contributed by atoms with Crippen LogP contribution in [-0.4, -0.2) is 22.2 Å². The first-order valence-electron chi connectivity index (χ1n) is 8.12. The highest BCUT2D eigenvalue weighted by Crippen LogP contribution is 2.22. The average molecular weight is 353 g/mol. The van der Waals surface area contributed by atoms with E-state index >= 15 is 0 Å². The van der Waals surface area contributed by atoms with E-state index in [-0.39, 0.29) is 12.1 Å². The first-order chi connectivity index (χ1) is 12.2. The molecule has 0 fully saturated rings. The van der Waals surface area contributed by atoms with Crippen molar-refractivity contribution in [3.05, 3.63) is 76.9 Å². The van der Waals surface area contributed by atoms with Gasteiger partial charge in [0.05, 0.1) is 12.2 Å². The van der Waals surface area contributed by atoms with Gasteiger partial charge in [0, 0.05) is 17.1 Å². The zero-order valence-electron chi connectivity index (χ0n) is 13.4. The third-order valence-electron chi connectivity index (χ3n) is 4.24. The minimum Gasteiger partial charge on any atom is -0.347 e. The molecule has 1 atom stereocenters. The van der Waals surface area contributed by atoms with Gasteiger partial charge >= 0.3 is 0 Å². The topological polar surface area (TPSA) is 59.0 Å². The molecule has 0 bridgehead atoms. The van der Waals surface area contributed by atoms with Gasteiger partial charge < -0.3 is 5.32 Å². The molecule has 0 spiro atoms. The summed E-state index contributed by atoms with van der Waals surface area (Å²) in [5, 5.41) is 11.7. The second-order valence-electron chi connectivity index (χ2n) is 5.96. The number of amides is 1. The van der Waals surface area contributed by atoms with Crippen molar-refractivity contribution in [3.63, 3.8) is 0 Å². The molecule has 1 amide bonds. The first kappa shape index (κ1) is 15.9. The Hall–Kier alpha value is -2.63. The van der Waals surface area contributed by atoms with Crippen molar-refractivity contribution in [3.8, 4) is 11.3 Å². The maximum atomic E-state index is 12.2. The van der Waals surface area contributed by atoms with Gasteiger partial charge in [-0.2, -0.15) is 5.10 Å². The van der Waals surface area contributed by atoms with E-state index in [4.69, 9.17) is 11.6 Å². The van der Waals surface area contributed by atoms with Gasteiger partial charge in [0.15, 0.2) is 0 Å². The van der Waals surface area contributed by atoms with Gasteiger partial charge in [0.1, 0.15) is 11.9 Å². The maximum absolute atomic E-state index is 12.2. The minimum atomic E-state index is -0.0979. The summed E-state index contributed by atoms with van der Waals surface area (Å²) in [5.41, 5.74) is 3.48. The van der Waals surface area contributed by atoms with Crippen LogP contribution in [0.1, 0.15) is 22.2 Å². The van der Waals surface area contributed by atoms with E-state index in [0.717, 1.165) is 21.8 Å². The minimum absolute atomic E-state index is 0.0964. The van der Waals surface area contributed by atoms with Crippen LogP contribution in [0.4, 0.5) is 0 Å². The van der Waals surface area contributed by atoms with Crippen molar-refractivity contribution in [2.75, 3.05) is 6.54 Å². The summed E-state index contributed by atoms with van der Waals surface area (Å²) in [7, 11) is 0. The Morgan fingerprint density at radius 2 is 1.92 bits per heavy atom. The molecule has 0 saturated heterocycles. The summed E-state index contributed by atoms with van der Waals surface area (Å²) in [6.07, 6.45) is -0.0964. The number of fused-ring (bicyclic) bond motifs is 1. The van der Waals surface area contributed by atoms with Crippen LogP contribution >= 0.6 is 11.6 Å². The molecule has 1 aromatic heterocycles. The average Bonchev–Trinajstić information content (AvgIpc) is 3.10. The lowest BCUT2D eigenvalue weighted by molar-refractivity contribution is 0.0900. The summed E-state index contributed by atoms with van der Waals surface area (Å²) >= 11 is 5.92. The van der Waals surface area contributed by atoms with Crippen molar-refractivity contribution >= 4 is 17.5 Å². The monoisotopic (exact) mass is 352 g/mol. The van der Waals surface area contributed by atoms with Crippen molar-refractivity contribution in [2.24, 2.45) is 0 Å². The lowest BCUT2D eigenvalue weighted by atomic mass is 10.1. The van der Waals surface area contributed by atoms with E-state index in [0.29, 0.717) is 18.8 Å². The van der Waals surface area contributed by atoms with Crippen LogP contribution in [0.25, 0.3) is 11.3 Å². The fourth-order valence-corrected chi connectivity index (χ4v) is 3.04. The van der Waals surface area contributed by atoms with Gasteiger partial charge in [-0.05, 0) is 23.8 Å². The number of nitrogens with zero attached hydrogens (tertiary/aromatic N) is 2. The molecule has 0 saturated carbocycles. The van der Waals surface area contributed by atoms with Gasteiger partial charge in [-0.1, -0.05) is 54.1 Å². The van der Waals surface area contributed by atoms with Crippen LogP contribution in [-0.2, 0) is 6.54 Å². The lowest BCUT2D eigenvalue weighted by Gasteiger charge is -2.25. The van der Waals surface area contributed by atoms with E-state index in [9.17, 15) is 4.79 Å². The van der Waals surface area contributed by atoms with Gasteiger partial charge in [-0.3, -0.25) is 10.1 Å². The van der Waals surface area contributed by atoms with Crippen LogP contribution in [0.15, 0.2) is 60.7 Å². The highest BCUT2D eigenvalue weighted by atomic mass is 35.5. The molecular formula is C19H17ClN4O. The summed E-state index contributed by atoms with van der Waals surface area (Å²) in [5.74, 6) is -0.0979.